The van der Waals surface area contributed by atoms with E-state index in [2.05, 4.69) is 4.74 Å². The Morgan fingerprint density at radius 1 is 1.25 bits per heavy atom. The first-order valence-corrected chi connectivity index (χ1v) is 5.16. The van der Waals surface area contributed by atoms with E-state index in [-0.39, 0.29) is 12.8 Å². The third-order valence-corrected chi connectivity index (χ3v) is 3.18. The highest BCUT2D eigenvalue weighted by Gasteiger charge is 2.54. The van der Waals surface area contributed by atoms with Crippen LogP contribution >= 0.6 is 0 Å². The molecule has 6 heteroatoms. The van der Waals surface area contributed by atoms with Gasteiger partial charge < -0.3 is 19.3 Å². The predicted molar refractivity (Wildman–Crippen MR) is 50.5 cm³/mol. The number of ether oxygens (including phenoxy) is 3. The van der Waals surface area contributed by atoms with Gasteiger partial charge in [0.15, 0.2) is 5.79 Å². The summed E-state index contributed by atoms with van der Waals surface area (Å²) in [7, 11) is 1.25. The molecule has 2 fully saturated rings. The summed E-state index contributed by atoms with van der Waals surface area (Å²) in [5.74, 6) is -3.87. The van der Waals surface area contributed by atoms with E-state index >= 15 is 0 Å². The molecule has 0 aromatic rings. The van der Waals surface area contributed by atoms with Crippen LogP contribution < -0.4 is 0 Å². The van der Waals surface area contributed by atoms with Gasteiger partial charge in [0.05, 0.1) is 32.2 Å². The van der Waals surface area contributed by atoms with Gasteiger partial charge in [0.2, 0.25) is 0 Å². The molecule has 1 aliphatic carbocycles. The van der Waals surface area contributed by atoms with Gasteiger partial charge in [-0.15, -0.1) is 0 Å². The summed E-state index contributed by atoms with van der Waals surface area (Å²) in [4.78, 5) is 22.5. The zero-order valence-corrected chi connectivity index (χ0v) is 8.97. The number of hydrogen-bond donors (Lipinski definition) is 1. The Morgan fingerprint density at radius 2 is 1.81 bits per heavy atom. The number of methoxy groups -OCH3 is 1. The number of carboxylic acids is 1. The second kappa shape index (κ2) is 4.03. The van der Waals surface area contributed by atoms with Crippen LogP contribution in [0, 0.1) is 11.8 Å². The Bertz CT molecular complexity index is 306. The van der Waals surface area contributed by atoms with Crippen molar-refractivity contribution in [3.63, 3.8) is 0 Å². The van der Waals surface area contributed by atoms with E-state index in [1.807, 2.05) is 0 Å². The SMILES string of the molecule is COC(=O)C1CC2(CC1C(=O)O)OCCO2. The predicted octanol–water partition coefficient (Wildman–Crippen LogP) is 0.0133. The number of hydrogen-bond acceptors (Lipinski definition) is 5. The zero-order chi connectivity index (χ0) is 11.8. The van der Waals surface area contributed by atoms with Crippen molar-refractivity contribution in [2.75, 3.05) is 20.3 Å². The zero-order valence-electron chi connectivity index (χ0n) is 8.97. The molecule has 6 nitrogen and oxygen atoms in total. The smallest absolute Gasteiger partial charge is 0.309 e. The van der Waals surface area contributed by atoms with Crippen LogP contribution in [0.5, 0.6) is 0 Å². The van der Waals surface area contributed by atoms with Crippen LogP contribution in [0.15, 0.2) is 0 Å². The Kier molecular flexibility index (Phi) is 2.86. The monoisotopic (exact) mass is 230 g/mol. The first-order valence-electron chi connectivity index (χ1n) is 5.16. The Hall–Kier alpha value is -1.14. The minimum Gasteiger partial charge on any atom is -0.481 e. The number of esters is 1. The summed E-state index contributed by atoms with van der Waals surface area (Å²) in [5.41, 5.74) is 0. The summed E-state index contributed by atoms with van der Waals surface area (Å²) in [6.07, 6.45) is 0.471. The standard InChI is InChI=1S/C10H14O6/c1-14-9(13)7-5-10(15-2-3-16-10)4-6(7)8(11)12/h6-7H,2-5H2,1H3,(H,11,12). The molecule has 0 radical (unpaired) electrons. The Labute approximate surface area is 92.5 Å². The van der Waals surface area contributed by atoms with Crippen LogP contribution in [-0.4, -0.2) is 43.2 Å². The van der Waals surface area contributed by atoms with E-state index in [1.165, 1.54) is 7.11 Å². The fourth-order valence-corrected chi connectivity index (χ4v) is 2.43. The molecule has 2 unspecified atom stereocenters. The summed E-state index contributed by atoms with van der Waals surface area (Å²) >= 11 is 0. The van der Waals surface area contributed by atoms with E-state index in [0.717, 1.165) is 0 Å². The second-order valence-electron chi connectivity index (χ2n) is 4.09. The first-order chi connectivity index (χ1) is 7.58. The van der Waals surface area contributed by atoms with Crippen molar-refractivity contribution in [2.45, 2.75) is 18.6 Å². The largest absolute Gasteiger partial charge is 0.481 e. The van der Waals surface area contributed by atoms with Crippen molar-refractivity contribution in [1.29, 1.82) is 0 Å². The normalized spacial score (nSPS) is 31.8. The molecule has 90 valence electrons. The summed E-state index contributed by atoms with van der Waals surface area (Å²) in [6.45, 7) is 0.889. The summed E-state index contributed by atoms with van der Waals surface area (Å²) in [6, 6.07) is 0. The molecule has 1 saturated carbocycles. The topological polar surface area (TPSA) is 82.1 Å². The van der Waals surface area contributed by atoms with Crippen LogP contribution in [-0.2, 0) is 23.8 Å². The van der Waals surface area contributed by atoms with Gasteiger partial charge in [-0.2, -0.15) is 0 Å². The van der Waals surface area contributed by atoms with Crippen LogP contribution in [0.1, 0.15) is 12.8 Å². The van der Waals surface area contributed by atoms with E-state index in [4.69, 9.17) is 14.6 Å². The molecule has 2 atom stereocenters. The van der Waals surface area contributed by atoms with E-state index in [9.17, 15) is 9.59 Å². The maximum atomic E-state index is 11.5. The molecule has 1 heterocycles. The highest BCUT2D eigenvalue weighted by atomic mass is 16.7. The van der Waals surface area contributed by atoms with E-state index in [1.54, 1.807) is 0 Å². The van der Waals surface area contributed by atoms with Crippen molar-refractivity contribution >= 4 is 11.9 Å². The molecule has 16 heavy (non-hydrogen) atoms. The third-order valence-electron chi connectivity index (χ3n) is 3.18. The quantitative estimate of drug-likeness (QED) is 0.673. The number of carbonyl (C=O) groups is 2. The van der Waals surface area contributed by atoms with Gasteiger partial charge in [-0.25, -0.2) is 0 Å². The Morgan fingerprint density at radius 3 is 2.31 bits per heavy atom. The molecular formula is C10H14O6. The maximum Gasteiger partial charge on any atom is 0.309 e. The average molecular weight is 230 g/mol. The summed E-state index contributed by atoms with van der Waals surface area (Å²) in [5, 5.41) is 9.05. The fourth-order valence-electron chi connectivity index (χ4n) is 2.43. The number of rotatable bonds is 2. The van der Waals surface area contributed by atoms with Crippen molar-refractivity contribution < 1.29 is 28.9 Å². The van der Waals surface area contributed by atoms with Crippen molar-refractivity contribution in [3.05, 3.63) is 0 Å². The molecule has 1 spiro atoms. The molecule has 1 aliphatic heterocycles. The van der Waals surface area contributed by atoms with Gasteiger partial charge in [-0.3, -0.25) is 9.59 Å². The minimum atomic E-state index is -1.01. The molecule has 0 aromatic heterocycles. The molecule has 0 aromatic carbocycles. The van der Waals surface area contributed by atoms with Gasteiger partial charge in [0.1, 0.15) is 0 Å². The molecule has 0 amide bonds. The third kappa shape index (κ3) is 1.78. The van der Waals surface area contributed by atoms with Crippen LogP contribution in [0.4, 0.5) is 0 Å². The highest BCUT2D eigenvalue weighted by molar-refractivity contribution is 5.82. The lowest BCUT2D eigenvalue weighted by molar-refractivity contribution is -0.162. The van der Waals surface area contributed by atoms with Crippen LogP contribution in [0.3, 0.4) is 0 Å². The van der Waals surface area contributed by atoms with E-state index < -0.39 is 29.6 Å². The number of aliphatic carboxylic acids is 1. The molecule has 0 bridgehead atoms. The van der Waals surface area contributed by atoms with Crippen molar-refractivity contribution in [1.82, 2.24) is 0 Å². The Balaban J connectivity index is 2.17. The second-order valence-corrected chi connectivity index (χ2v) is 4.09. The van der Waals surface area contributed by atoms with Crippen LogP contribution in [0.25, 0.3) is 0 Å². The van der Waals surface area contributed by atoms with Crippen molar-refractivity contribution in [2.24, 2.45) is 11.8 Å². The van der Waals surface area contributed by atoms with E-state index in [0.29, 0.717) is 13.2 Å². The van der Waals surface area contributed by atoms with Gasteiger partial charge in [0.25, 0.3) is 0 Å². The number of carbonyl (C=O) groups excluding carboxylic acids is 1. The lowest BCUT2D eigenvalue weighted by Gasteiger charge is -2.20. The fraction of sp³-hybridized carbons (Fsp3) is 0.800. The lowest BCUT2D eigenvalue weighted by atomic mass is 9.97. The molecule has 2 aliphatic rings. The lowest BCUT2D eigenvalue weighted by Crippen LogP contribution is -2.27. The van der Waals surface area contributed by atoms with Gasteiger partial charge in [-0.1, -0.05) is 0 Å². The van der Waals surface area contributed by atoms with Crippen LogP contribution in [0.2, 0.25) is 0 Å². The molecule has 2 rings (SSSR count). The summed E-state index contributed by atoms with van der Waals surface area (Å²) < 4.78 is 15.4. The van der Waals surface area contributed by atoms with Gasteiger partial charge in [0, 0.05) is 12.8 Å². The minimum absolute atomic E-state index is 0.210. The number of carboxylic acid groups (broad SMARTS) is 1. The average Bonchev–Trinajstić information content (AvgIpc) is 2.86. The first kappa shape index (κ1) is 11.3. The van der Waals surface area contributed by atoms with Gasteiger partial charge >= 0.3 is 11.9 Å². The molecule has 1 N–H and O–H groups in total. The maximum absolute atomic E-state index is 11.5. The highest BCUT2D eigenvalue weighted by Crippen LogP contribution is 2.45. The molecule has 1 saturated heterocycles. The van der Waals surface area contributed by atoms with Gasteiger partial charge in [-0.05, 0) is 0 Å². The van der Waals surface area contributed by atoms with Crippen molar-refractivity contribution in [3.8, 4) is 0 Å². The molecular weight excluding hydrogens is 216 g/mol.